The van der Waals surface area contributed by atoms with E-state index < -0.39 is 0 Å². The molecule has 2 aliphatic heterocycles. The van der Waals surface area contributed by atoms with Gasteiger partial charge in [0.05, 0.1) is 5.69 Å². The van der Waals surface area contributed by atoms with Gasteiger partial charge in [-0.25, -0.2) is 0 Å². The van der Waals surface area contributed by atoms with Crippen molar-refractivity contribution in [3.63, 3.8) is 0 Å². The number of piperidine rings is 2. The number of aromatic nitrogens is 1. The highest BCUT2D eigenvalue weighted by molar-refractivity contribution is 5.27. The smallest absolute Gasteiger partial charge is 0.138 e. The molecule has 0 spiro atoms. The van der Waals surface area contributed by atoms with Crippen molar-refractivity contribution >= 4 is 0 Å². The van der Waals surface area contributed by atoms with E-state index in [2.05, 4.69) is 14.8 Å². The monoisotopic (exact) mass is 289 g/mol. The Balaban J connectivity index is 1.52. The summed E-state index contributed by atoms with van der Waals surface area (Å²) in [6.45, 7) is 7.59. The Hall–Kier alpha value is -1.13. The zero-order valence-electron chi connectivity index (χ0n) is 13.1. The summed E-state index contributed by atoms with van der Waals surface area (Å²) in [5.41, 5.74) is 1.80. The summed E-state index contributed by atoms with van der Waals surface area (Å²) < 4.78 is 0. The summed E-state index contributed by atoms with van der Waals surface area (Å²) in [4.78, 5) is 9.60. The first-order chi connectivity index (χ1) is 10.2. The maximum Gasteiger partial charge on any atom is 0.138 e. The third-order valence-electron chi connectivity index (χ3n) is 4.93. The molecule has 116 valence electrons. The van der Waals surface area contributed by atoms with E-state index in [9.17, 15) is 5.11 Å². The lowest BCUT2D eigenvalue weighted by atomic mass is 10.00. The largest absolute Gasteiger partial charge is 0.506 e. The molecule has 1 aromatic rings. The molecule has 0 saturated carbocycles. The predicted octanol–water partition coefficient (Wildman–Crippen LogP) is 2.55. The van der Waals surface area contributed by atoms with Crippen LogP contribution < -0.4 is 0 Å². The van der Waals surface area contributed by atoms with Gasteiger partial charge >= 0.3 is 0 Å². The van der Waals surface area contributed by atoms with E-state index in [0.29, 0.717) is 5.75 Å². The molecule has 0 amide bonds. The maximum atomic E-state index is 9.92. The van der Waals surface area contributed by atoms with Crippen LogP contribution in [-0.2, 0) is 6.54 Å². The number of hydrogen-bond acceptors (Lipinski definition) is 4. The fraction of sp³-hybridized carbons (Fsp3) is 0.706. The van der Waals surface area contributed by atoms with Gasteiger partial charge in [-0.05, 0) is 57.8 Å². The highest BCUT2D eigenvalue weighted by Gasteiger charge is 2.25. The molecule has 3 heterocycles. The predicted molar refractivity (Wildman–Crippen MR) is 84.4 cm³/mol. The summed E-state index contributed by atoms with van der Waals surface area (Å²) in [5.74, 6) is 0.332. The van der Waals surface area contributed by atoms with Gasteiger partial charge in [-0.1, -0.05) is 6.42 Å². The molecule has 4 heteroatoms. The minimum atomic E-state index is 0.332. The van der Waals surface area contributed by atoms with Crippen LogP contribution in [0.2, 0.25) is 0 Å². The van der Waals surface area contributed by atoms with Crippen molar-refractivity contribution in [3.05, 3.63) is 23.5 Å². The van der Waals surface area contributed by atoms with Gasteiger partial charge in [0.1, 0.15) is 5.75 Å². The van der Waals surface area contributed by atoms with Crippen molar-refractivity contribution in [2.75, 3.05) is 26.2 Å². The van der Waals surface area contributed by atoms with E-state index in [1.807, 2.05) is 13.0 Å². The molecular formula is C17H27N3O. The van der Waals surface area contributed by atoms with Crippen molar-refractivity contribution in [2.24, 2.45) is 0 Å². The van der Waals surface area contributed by atoms with Gasteiger partial charge in [0.2, 0.25) is 0 Å². The van der Waals surface area contributed by atoms with Gasteiger partial charge in [0.15, 0.2) is 0 Å². The van der Waals surface area contributed by atoms with Crippen molar-refractivity contribution in [1.82, 2.24) is 14.8 Å². The van der Waals surface area contributed by atoms with Crippen LogP contribution in [0.5, 0.6) is 5.75 Å². The van der Waals surface area contributed by atoms with Crippen molar-refractivity contribution in [1.29, 1.82) is 0 Å². The molecule has 2 fully saturated rings. The number of aromatic hydroxyl groups is 1. The Morgan fingerprint density at radius 1 is 1.10 bits per heavy atom. The van der Waals surface area contributed by atoms with Crippen molar-refractivity contribution < 1.29 is 5.11 Å². The van der Waals surface area contributed by atoms with Crippen LogP contribution in [0.25, 0.3) is 0 Å². The number of rotatable bonds is 3. The van der Waals surface area contributed by atoms with E-state index >= 15 is 0 Å². The second-order valence-corrected chi connectivity index (χ2v) is 6.52. The standard InChI is InChI=1S/C17H27N3O/c1-14-5-6-17(21)16(18-14)13-19-11-7-15(8-12-19)20-9-3-2-4-10-20/h5-6,15,21H,2-4,7-13H2,1H3. The Morgan fingerprint density at radius 2 is 1.81 bits per heavy atom. The Kier molecular flexibility index (Phi) is 4.76. The molecular weight excluding hydrogens is 262 g/mol. The molecule has 0 unspecified atom stereocenters. The normalized spacial score (nSPS) is 22.5. The number of nitrogens with zero attached hydrogens (tertiary/aromatic N) is 3. The maximum absolute atomic E-state index is 9.92. The van der Waals surface area contributed by atoms with Crippen LogP contribution in [0.3, 0.4) is 0 Å². The number of pyridine rings is 1. The Bertz CT molecular complexity index is 463. The van der Waals surface area contributed by atoms with Crippen LogP contribution in [0.4, 0.5) is 0 Å². The Labute approximate surface area is 127 Å². The number of aryl methyl sites for hydroxylation is 1. The third kappa shape index (κ3) is 3.74. The molecule has 0 atom stereocenters. The zero-order chi connectivity index (χ0) is 14.7. The Morgan fingerprint density at radius 3 is 2.52 bits per heavy atom. The second-order valence-electron chi connectivity index (χ2n) is 6.52. The summed E-state index contributed by atoms with van der Waals surface area (Å²) in [6.07, 6.45) is 6.68. The molecule has 0 aliphatic carbocycles. The van der Waals surface area contributed by atoms with E-state index in [4.69, 9.17) is 0 Å². The lowest BCUT2D eigenvalue weighted by molar-refractivity contribution is 0.0887. The fourth-order valence-corrected chi connectivity index (χ4v) is 3.66. The molecule has 2 saturated heterocycles. The molecule has 1 aromatic heterocycles. The van der Waals surface area contributed by atoms with E-state index in [1.54, 1.807) is 6.07 Å². The molecule has 4 nitrogen and oxygen atoms in total. The average Bonchev–Trinajstić information content (AvgIpc) is 2.53. The van der Waals surface area contributed by atoms with Gasteiger partial charge in [-0.15, -0.1) is 0 Å². The van der Waals surface area contributed by atoms with Gasteiger partial charge in [0, 0.05) is 31.4 Å². The highest BCUT2D eigenvalue weighted by atomic mass is 16.3. The van der Waals surface area contributed by atoms with E-state index in [1.165, 1.54) is 45.2 Å². The molecule has 0 aromatic carbocycles. The second kappa shape index (κ2) is 6.75. The lowest BCUT2D eigenvalue weighted by Gasteiger charge is -2.40. The van der Waals surface area contributed by atoms with Crippen LogP contribution in [0.15, 0.2) is 12.1 Å². The molecule has 2 aliphatic rings. The SMILES string of the molecule is Cc1ccc(O)c(CN2CCC(N3CCCCC3)CC2)n1. The highest BCUT2D eigenvalue weighted by Crippen LogP contribution is 2.23. The molecule has 1 N–H and O–H groups in total. The van der Waals surface area contributed by atoms with Crippen LogP contribution in [0.1, 0.15) is 43.5 Å². The van der Waals surface area contributed by atoms with Gasteiger partial charge in [-0.3, -0.25) is 9.88 Å². The van der Waals surface area contributed by atoms with Crippen molar-refractivity contribution in [2.45, 2.75) is 51.6 Å². The topological polar surface area (TPSA) is 39.6 Å². The summed E-state index contributed by atoms with van der Waals surface area (Å²) in [6, 6.07) is 4.40. The van der Waals surface area contributed by atoms with Gasteiger partial charge in [-0.2, -0.15) is 0 Å². The summed E-state index contributed by atoms with van der Waals surface area (Å²) in [7, 11) is 0. The minimum absolute atomic E-state index is 0.332. The fourth-order valence-electron chi connectivity index (χ4n) is 3.66. The van der Waals surface area contributed by atoms with E-state index in [-0.39, 0.29) is 0 Å². The average molecular weight is 289 g/mol. The summed E-state index contributed by atoms with van der Waals surface area (Å²) >= 11 is 0. The number of likely N-dealkylation sites (tertiary alicyclic amines) is 2. The molecule has 0 bridgehead atoms. The number of hydrogen-bond donors (Lipinski definition) is 1. The molecule has 21 heavy (non-hydrogen) atoms. The van der Waals surface area contributed by atoms with Crippen molar-refractivity contribution in [3.8, 4) is 5.75 Å². The van der Waals surface area contributed by atoms with Gasteiger partial charge < -0.3 is 10.0 Å². The van der Waals surface area contributed by atoms with Crippen LogP contribution >= 0.6 is 0 Å². The summed E-state index contributed by atoms with van der Waals surface area (Å²) in [5, 5.41) is 9.92. The van der Waals surface area contributed by atoms with Crippen LogP contribution in [0, 0.1) is 6.92 Å². The third-order valence-corrected chi connectivity index (χ3v) is 4.93. The molecule has 3 rings (SSSR count). The van der Waals surface area contributed by atoms with E-state index in [0.717, 1.165) is 37.1 Å². The van der Waals surface area contributed by atoms with Gasteiger partial charge in [0.25, 0.3) is 0 Å². The first-order valence-electron chi connectivity index (χ1n) is 8.34. The molecule has 0 radical (unpaired) electrons. The first kappa shape index (κ1) is 14.8. The quantitative estimate of drug-likeness (QED) is 0.928. The minimum Gasteiger partial charge on any atom is -0.506 e. The lowest BCUT2D eigenvalue weighted by Crippen LogP contribution is -2.46. The first-order valence-corrected chi connectivity index (χ1v) is 8.34. The zero-order valence-corrected chi connectivity index (χ0v) is 13.1. The van der Waals surface area contributed by atoms with Crippen LogP contribution in [-0.4, -0.2) is 52.1 Å².